The molecule has 16 heavy (non-hydrogen) atoms. The van der Waals surface area contributed by atoms with Crippen LogP contribution >= 0.6 is 0 Å². The maximum atomic E-state index is 11.1. The van der Waals surface area contributed by atoms with Gasteiger partial charge in [-0.1, -0.05) is 41.0 Å². The summed E-state index contributed by atoms with van der Waals surface area (Å²) >= 11 is 0. The van der Waals surface area contributed by atoms with Crippen LogP contribution in [0.5, 0.6) is 0 Å². The maximum absolute atomic E-state index is 11.1. The zero-order chi connectivity index (χ0) is 12.6. The molecule has 2 nitrogen and oxygen atoms in total. The summed E-state index contributed by atoms with van der Waals surface area (Å²) in [6.07, 6.45) is 3.28. The number of hydrogen-bond acceptors (Lipinski definition) is 2. The second-order valence-corrected chi connectivity index (χ2v) is 6.75. The lowest BCUT2D eigenvalue weighted by atomic mass is 9.57. The largest absolute Gasteiger partial charge is 0.389 e. The van der Waals surface area contributed by atoms with Crippen LogP contribution in [0.25, 0.3) is 0 Å². The SMILES string of the molecule is CC1CCC(C(C)C)C(O)(C(C)(C)CN)C1. The molecule has 1 saturated carbocycles. The molecule has 1 fully saturated rings. The van der Waals surface area contributed by atoms with Crippen LogP contribution in [0.2, 0.25) is 0 Å². The average Bonchev–Trinajstić information content (AvgIpc) is 2.16. The van der Waals surface area contributed by atoms with E-state index in [0.29, 0.717) is 24.3 Å². The molecule has 0 aromatic carbocycles. The summed E-state index contributed by atoms with van der Waals surface area (Å²) in [4.78, 5) is 0. The van der Waals surface area contributed by atoms with Gasteiger partial charge in [-0.3, -0.25) is 0 Å². The predicted molar refractivity (Wildman–Crippen MR) is 69.1 cm³/mol. The van der Waals surface area contributed by atoms with E-state index in [1.54, 1.807) is 0 Å². The van der Waals surface area contributed by atoms with Gasteiger partial charge in [0.15, 0.2) is 0 Å². The molecule has 0 aromatic rings. The van der Waals surface area contributed by atoms with Gasteiger partial charge in [0.25, 0.3) is 0 Å². The minimum absolute atomic E-state index is 0.184. The molecule has 0 aliphatic heterocycles. The first-order valence-electron chi connectivity index (χ1n) is 6.67. The number of nitrogens with two attached hydrogens (primary N) is 1. The molecule has 0 heterocycles. The summed E-state index contributed by atoms with van der Waals surface area (Å²) in [5, 5.41) is 11.1. The highest BCUT2D eigenvalue weighted by atomic mass is 16.3. The fourth-order valence-corrected chi connectivity index (χ4v) is 3.33. The van der Waals surface area contributed by atoms with Crippen molar-refractivity contribution < 1.29 is 5.11 Å². The highest BCUT2D eigenvalue weighted by molar-refractivity contribution is 5.02. The van der Waals surface area contributed by atoms with Crippen molar-refractivity contribution in [2.24, 2.45) is 28.9 Å². The van der Waals surface area contributed by atoms with Crippen molar-refractivity contribution in [3.8, 4) is 0 Å². The van der Waals surface area contributed by atoms with Crippen LogP contribution in [0.3, 0.4) is 0 Å². The quantitative estimate of drug-likeness (QED) is 0.779. The second-order valence-electron chi connectivity index (χ2n) is 6.75. The van der Waals surface area contributed by atoms with E-state index in [2.05, 4.69) is 34.6 Å². The Hall–Kier alpha value is -0.0800. The van der Waals surface area contributed by atoms with Gasteiger partial charge in [-0.2, -0.15) is 0 Å². The molecule has 3 atom stereocenters. The van der Waals surface area contributed by atoms with Crippen molar-refractivity contribution in [3.63, 3.8) is 0 Å². The Balaban J connectivity index is 3.01. The van der Waals surface area contributed by atoms with Crippen molar-refractivity contribution >= 4 is 0 Å². The molecular formula is C14H29NO. The zero-order valence-electron chi connectivity index (χ0n) is 11.6. The van der Waals surface area contributed by atoms with E-state index in [1.165, 1.54) is 6.42 Å². The van der Waals surface area contributed by atoms with Crippen molar-refractivity contribution in [2.75, 3.05) is 6.54 Å². The normalized spacial score (nSPS) is 36.8. The highest BCUT2D eigenvalue weighted by Crippen LogP contribution is 2.49. The first-order chi connectivity index (χ1) is 7.24. The van der Waals surface area contributed by atoms with Gasteiger partial charge in [0.2, 0.25) is 0 Å². The molecule has 1 rings (SSSR count). The Kier molecular flexibility index (Phi) is 4.07. The van der Waals surface area contributed by atoms with Crippen LogP contribution in [0.4, 0.5) is 0 Å². The molecule has 0 aromatic heterocycles. The van der Waals surface area contributed by atoms with Gasteiger partial charge in [0.1, 0.15) is 0 Å². The van der Waals surface area contributed by atoms with Crippen molar-refractivity contribution in [1.29, 1.82) is 0 Å². The molecular weight excluding hydrogens is 198 g/mol. The summed E-state index contributed by atoms with van der Waals surface area (Å²) in [6, 6.07) is 0. The van der Waals surface area contributed by atoms with Gasteiger partial charge in [0, 0.05) is 12.0 Å². The van der Waals surface area contributed by atoms with Crippen LogP contribution < -0.4 is 5.73 Å². The van der Waals surface area contributed by atoms with E-state index in [0.717, 1.165) is 12.8 Å². The van der Waals surface area contributed by atoms with E-state index < -0.39 is 5.60 Å². The molecule has 0 saturated heterocycles. The molecule has 3 N–H and O–H groups in total. The van der Waals surface area contributed by atoms with Gasteiger partial charge in [-0.15, -0.1) is 0 Å². The summed E-state index contributed by atoms with van der Waals surface area (Å²) in [5.74, 6) is 1.54. The van der Waals surface area contributed by atoms with E-state index in [4.69, 9.17) is 5.73 Å². The Morgan fingerprint density at radius 3 is 2.38 bits per heavy atom. The first-order valence-corrected chi connectivity index (χ1v) is 6.67. The van der Waals surface area contributed by atoms with Crippen LogP contribution in [0.15, 0.2) is 0 Å². The van der Waals surface area contributed by atoms with E-state index >= 15 is 0 Å². The summed E-state index contributed by atoms with van der Waals surface area (Å²) in [6.45, 7) is 11.5. The molecule has 0 radical (unpaired) electrons. The molecule has 0 bridgehead atoms. The summed E-state index contributed by atoms with van der Waals surface area (Å²) in [7, 11) is 0. The lowest BCUT2D eigenvalue weighted by molar-refractivity contribution is -0.153. The minimum atomic E-state index is -0.590. The molecule has 3 unspecified atom stereocenters. The van der Waals surface area contributed by atoms with Crippen LogP contribution in [-0.4, -0.2) is 17.3 Å². The lowest BCUT2D eigenvalue weighted by Gasteiger charge is -2.53. The van der Waals surface area contributed by atoms with E-state index in [9.17, 15) is 5.11 Å². The van der Waals surface area contributed by atoms with E-state index in [1.807, 2.05) is 0 Å². The molecule has 2 heteroatoms. The Bertz CT molecular complexity index is 237. The maximum Gasteiger partial charge on any atom is 0.0743 e. The van der Waals surface area contributed by atoms with Crippen molar-refractivity contribution in [1.82, 2.24) is 0 Å². The molecule has 1 aliphatic rings. The Morgan fingerprint density at radius 1 is 1.38 bits per heavy atom. The van der Waals surface area contributed by atoms with Crippen LogP contribution in [-0.2, 0) is 0 Å². The predicted octanol–water partition coefficient (Wildman–Crippen LogP) is 2.79. The summed E-state index contributed by atoms with van der Waals surface area (Å²) < 4.78 is 0. The third kappa shape index (κ3) is 2.28. The molecule has 0 amide bonds. The summed E-state index contributed by atoms with van der Waals surface area (Å²) in [5.41, 5.74) is 5.10. The number of aliphatic hydroxyl groups is 1. The first kappa shape index (κ1) is 14.0. The zero-order valence-corrected chi connectivity index (χ0v) is 11.6. The third-order valence-electron chi connectivity index (χ3n) is 4.73. The van der Waals surface area contributed by atoms with Gasteiger partial charge >= 0.3 is 0 Å². The molecule has 0 spiro atoms. The molecule has 96 valence electrons. The van der Waals surface area contributed by atoms with Gasteiger partial charge in [-0.25, -0.2) is 0 Å². The fraction of sp³-hybridized carbons (Fsp3) is 1.00. The standard InChI is InChI=1S/C14H29NO/c1-10(2)12-7-6-11(3)8-14(12,16)13(4,5)9-15/h10-12,16H,6-9,15H2,1-5H3. The van der Waals surface area contributed by atoms with Crippen LogP contribution in [0.1, 0.15) is 53.9 Å². The van der Waals surface area contributed by atoms with Crippen molar-refractivity contribution in [2.45, 2.75) is 59.5 Å². The smallest absolute Gasteiger partial charge is 0.0743 e. The minimum Gasteiger partial charge on any atom is -0.389 e. The van der Waals surface area contributed by atoms with Gasteiger partial charge in [0.05, 0.1) is 5.60 Å². The lowest BCUT2D eigenvalue weighted by Crippen LogP contribution is -2.58. The Morgan fingerprint density at radius 2 is 1.94 bits per heavy atom. The third-order valence-corrected chi connectivity index (χ3v) is 4.73. The average molecular weight is 227 g/mol. The van der Waals surface area contributed by atoms with Gasteiger partial charge < -0.3 is 10.8 Å². The Labute approximate surface area is 101 Å². The topological polar surface area (TPSA) is 46.2 Å². The number of hydrogen-bond donors (Lipinski definition) is 2. The highest BCUT2D eigenvalue weighted by Gasteiger charge is 2.51. The number of rotatable bonds is 3. The molecule has 1 aliphatic carbocycles. The van der Waals surface area contributed by atoms with Crippen LogP contribution in [0, 0.1) is 23.2 Å². The fourth-order valence-electron chi connectivity index (χ4n) is 3.33. The van der Waals surface area contributed by atoms with E-state index in [-0.39, 0.29) is 5.41 Å². The van der Waals surface area contributed by atoms with Gasteiger partial charge in [-0.05, 0) is 30.6 Å². The second kappa shape index (κ2) is 4.66. The van der Waals surface area contributed by atoms with Crippen molar-refractivity contribution in [3.05, 3.63) is 0 Å². The monoisotopic (exact) mass is 227 g/mol.